The minimum Gasteiger partial charge on any atom is -0.0654 e. The lowest BCUT2D eigenvalue weighted by atomic mass is 9.74. The van der Waals surface area contributed by atoms with Gasteiger partial charge in [0.2, 0.25) is 0 Å². The first-order valence-corrected chi connectivity index (χ1v) is 9.89. The fraction of sp³-hybridized carbons (Fsp3) is 0.500. The second-order valence-corrected chi connectivity index (χ2v) is 7.12. The van der Waals surface area contributed by atoms with Gasteiger partial charge in [-0.3, -0.25) is 0 Å². The molecule has 24 heavy (non-hydrogen) atoms. The molecule has 0 aliphatic heterocycles. The summed E-state index contributed by atoms with van der Waals surface area (Å²) < 4.78 is 0. The van der Waals surface area contributed by atoms with Crippen molar-refractivity contribution in [3.63, 3.8) is 0 Å². The highest BCUT2D eigenvalue weighted by Gasteiger charge is 2.26. The Morgan fingerprint density at radius 3 is 1.50 bits per heavy atom. The van der Waals surface area contributed by atoms with Gasteiger partial charge in [0.05, 0.1) is 0 Å². The van der Waals surface area contributed by atoms with Crippen LogP contribution in [0.1, 0.15) is 82.3 Å². The number of rotatable bonds is 10. The highest BCUT2D eigenvalue weighted by Crippen LogP contribution is 2.41. The van der Waals surface area contributed by atoms with Gasteiger partial charge in [0, 0.05) is 0 Å². The third kappa shape index (κ3) is 5.23. The van der Waals surface area contributed by atoms with Crippen molar-refractivity contribution in [3.05, 3.63) is 71.8 Å². The molecule has 0 radical (unpaired) electrons. The van der Waals surface area contributed by atoms with E-state index in [9.17, 15) is 0 Å². The van der Waals surface area contributed by atoms with Crippen LogP contribution in [0.2, 0.25) is 0 Å². The summed E-state index contributed by atoms with van der Waals surface area (Å²) >= 11 is 0. The standard InChI is InChI=1S/C24H34/c1-4-13-20(14-5-2)19-24(22-17-11-8-12-18-22)23(6-3)21-15-9-7-10-16-21/h7-12,15-18,20,23-24H,4-6,13-14,19H2,1-3H3. The maximum atomic E-state index is 2.35. The molecule has 2 rings (SSSR count). The van der Waals surface area contributed by atoms with Gasteiger partial charge in [-0.05, 0) is 41.7 Å². The molecule has 0 saturated carbocycles. The summed E-state index contributed by atoms with van der Waals surface area (Å²) in [4.78, 5) is 0. The van der Waals surface area contributed by atoms with Crippen LogP contribution in [0, 0.1) is 5.92 Å². The second-order valence-electron chi connectivity index (χ2n) is 7.12. The minimum absolute atomic E-state index is 0.616. The van der Waals surface area contributed by atoms with E-state index in [2.05, 4.69) is 81.4 Å². The van der Waals surface area contributed by atoms with E-state index >= 15 is 0 Å². The van der Waals surface area contributed by atoms with Crippen molar-refractivity contribution < 1.29 is 0 Å². The Labute approximate surface area is 149 Å². The summed E-state index contributed by atoms with van der Waals surface area (Å²) in [5.74, 6) is 2.09. The van der Waals surface area contributed by atoms with E-state index in [0.29, 0.717) is 11.8 Å². The third-order valence-electron chi connectivity index (χ3n) is 5.36. The summed E-state index contributed by atoms with van der Waals surface area (Å²) in [5.41, 5.74) is 3.02. The zero-order valence-electron chi connectivity index (χ0n) is 15.7. The zero-order valence-corrected chi connectivity index (χ0v) is 15.7. The predicted molar refractivity (Wildman–Crippen MR) is 107 cm³/mol. The van der Waals surface area contributed by atoms with Crippen molar-refractivity contribution in [1.82, 2.24) is 0 Å². The first-order chi connectivity index (χ1) is 11.8. The first kappa shape index (κ1) is 18.8. The van der Waals surface area contributed by atoms with Crippen molar-refractivity contribution in [2.24, 2.45) is 5.92 Å². The Morgan fingerprint density at radius 1 is 0.625 bits per heavy atom. The topological polar surface area (TPSA) is 0 Å². The summed E-state index contributed by atoms with van der Waals surface area (Å²) in [7, 11) is 0. The highest BCUT2D eigenvalue weighted by molar-refractivity contribution is 5.28. The lowest BCUT2D eigenvalue weighted by Gasteiger charge is -2.31. The van der Waals surface area contributed by atoms with E-state index < -0.39 is 0 Å². The molecule has 0 aliphatic rings. The molecule has 0 nitrogen and oxygen atoms in total. The van der Waals surface area contributed by atoms with E-state index in [1.54, 1.807) is 0 Å². The minimum atomic E-state index is 0.616. The number of hydrogen-bond acceptors (Lipinski definition) is 0. The van der Waals surface area contributed by atoms with Crippen LogP contribution in [0.15, 0.2) is 60.7 Å². The van der Waals surface area contributed by atoms with Gasteiger partial charge in [-0.15, -0.1) is 0 Å². The molecule has 2 aromatic carbocycles. The number of benzene rings is 2. The smallest absolute Gasteiger partial charge is 0.00906 e. The van der Waals surface area contributed by atoms with Gasteiger partial charge in [-0.2, -0.15) is 0 Å². The van der Waals surface area contributed by atoms with Crippen molar-refractivity contribution in [2.45, 2.75) is 71.1 Å². The summed E-state index contributed by atoms with van der Waals surface area (Å²) in [6.45, 7) is 7.01. The van der Waals surface area contributed by atoms with Crippen LogP contribution in [0.25, 0.3) is 0 Å². The Bertz CT molecular complexity index is 537. The molecule has 0 aromatic heterocycles. The molecular weight excluding hydrogens is 288 g/mol. The van der Waals surface area contributed by atoms with Gasteiger partial charge in [0.1, 0.15) is 0 Å². The van der Waals surface area contributed by atoms with Crippen LogP contribution < -0.4 is 0 Å². The number of hydrogen-bond donors (Lipinski definition) is 0. The SMILES string of the molecule is CCCC(CCC)CC(c1ccccc1)C(CC)c1ccccc1. The molecule has 2 aromatic rings. The Morgan fingerprint density at radius 2 is 1.08 bits per heavy atom. The monoisotopic (exact) mass is 322 g/mol. The Balaban J connectivity index is 2.31. The average molecular weight is 323 g/mol. The molecule has 0 bridgehead atoms. The molecule has 0 aliphatic carbocycles. The van der Waals surface area contributed by atoms with E-state index in [0.717, 1.165) is 5.92 Å². The lowest BCUT2D eigenvalue weighted by molar-refractivity contribution is 0.346. The fourth-order valence-corrected chi connectivity index (χ4v) is 4.24. The van der Waals surface area contributed by atoms with Crippen molar-refractivity contribution in [3.8, 4) is 0 Å². The van der Waals surface area contributed by atoms with Crippen LogP contribution >= 0.6 is 0 Å². The summed E-state index contributed by atoms with van der Waals surface area (Å²) in [6.07, 6.45) is 7.85. The molecular formula is C24H34. The second kappa shape index (κ2) is 10.3. The zero-order chi connectivity index (χ0) is 17.2. The van der Waals surface area contributed by atoms with Crippen LogP contribution in [0.5, 0.6) is 0 Å². The molecule has 0 spiro atoms. The van der Waals surface area contributed by atoms with E-state index in [1.165, 1.54) is 49.7 Å². The van der Waals surface area contributed by atoms with E-state index in [-0.39, 0.29) is 0 Å². The molecule has 130 valence electrons. The fourth-order valence-electron chi connectivity index (χ4n) is 4.24. The molecule has 0 saturated heterocycles. The lowest BCUT2D eigenvalue weighted by Crippen LogP contribution is -2.16. The van der Waals surface area contributed by atoms with Gasteiger partial charge >= 0.3 is 0 Å². The Hall–Kier alpha value is -1.56. The van der Waals surface area contributed by atoms with E-state index in [1.807, 2.05) is 0 Å². The van der Waals surface area contributed by atoms with Crippen LogP contribution in [-0.2, 0) is 0 Å². The molecule has 0 heterocycles. The van der Waals surface area contributed by atoms with Crippen molar-refractivity contribution >= 4 is 0 Å². The van der Waals surface area contributed by atoms with Gasteiger partial charge in [0.15, 0.2) is 0 Å². The maximum absolute atomic E-state index is 2.35. The van der Waals surface area contributed by atoms with Crippen LogP contribution in [0.3, 0.4) is 0 Å². The van der Waals surface area contributed by atoms with Crippen LogP contribution in [-0.4, -0.2) is 0 Å². The van der Waals surface area contributed by atoms with E-state index in [4.69, 9.17) is 0 Å². The summed E-state index contributed by atoms with van der Waals surface area (Å²) in [6, 6.07) is 22.4. The van der Waals surface area contributed by atoms with Gasteiger partial charge < -0.3 is 0 Å². The van der Waals surface area contributed by atoms with Gasteiger partial charge in [0.25, 0.3) is 0 Å². The van der Waals surface area contributed by atoms with Crippen molar-refractivity contribution in [2.75, 3.05) is 0 Å². The van der Waals surface area contributed by atoms with Crippen LogP contribution in [0.4, 0.5) is 0 Å². The molecule has 0 fully saturated rings. The quantitative estimate of drug-likeness (QED) is 0.423. The normalized spacial score (nSPS) is 13.8. The third-order valence-corrected chi connectivity index (χ3v) is 5.36. The molecule has 2 unspecified atom stereocenters. The predicted octanol–water partition coefficient (Wildman–Crippen LogP) is 7.57. The molecule has 0 heteroatoms. The van der Waals surface area contributed by atoms with Gasteiger partial charge in [-0.1, -0.05) is 107 Å². The molecule has 0 amide bonds. The molecule has 2 atom stereocenters. The average Bonchev–Trinajstić information content (AvgIpc) is 2.63. The van der Waals surface area contributed by atoms with Gasteiger partial charge in [-0.25, -0.2) is 0 Å². The Kier molecular flexibility index (Phi) is 8.08. The van der Waals surface area contributed by atoms with Crippen molar-refractivity contribution in [1.29, 1.82) is 0 Å². The highest BCUT2D eigenvalue weighted by atomic mass is 14.3. The molecule has 0 N–H and O–H groups in total. The summed E-state index contributed by atoms with van der Waals surface area (Å²) in [5, 5.41) is 0. The maximum Gasteiger partial charge on any atom is -0.00906 e. The largest absolute Gasteiger partial charge is 0.0654 e. The first-order valence-electron chi connectivity index (χ1n) is 9.89.